The molecule has 3 rings (SSSR count). The Bertz CT molecular complexity index is 795. The van der Waals surface area contributed by atoms with Crippen molar-refractivity contribution >= 4 is 29.0 Å². The van der Waals surface area contributed by atoms with Gasteiger partial charge >= 0.3 is 0 Å². The van der Waals surface area contributed by atoms with Gasteiger partial charge < -0.3 is 5.73 Å². The van der Waals surface area contributed by atoms with Gasteiger partial charge in [-0.25, -0.2) is 4.98 Å². The van der Waals surface area contributed by atoms with E-state index in [0.717, 1.165) is 10.6 Å². The number of thiophene rings is 1. The zero-order valence-electron chi connectivity index (χ0n) is 12.2. The molecule has 0 saturated carbocycles. The minimum Gasteiger partial charge on any atom is -0.320 e. The summed E-state index contributed by atoms with van der Waals surface area (Å²) in [6.45, 7) is 3.77. The first-order valence-electron chi connectivity index (χ1n) is 6.88. The van der Waals surface area contributed by atoms with Gasteiger partial charge in [0.15, 0.2) is 0 Å². The fourth-order valence-corrected chi connectivity index (χ4v) is 2.69. The fraction of sp³-hybridized carbons (Fsp3) is 0.286. The van der Waals surface area contributed by atoms with E-state index < -0.39 is 6.04 Å². The first kappa shape index (κ1) is 14.6. The van der Waals surface area contributed by atoms with E-state index in [-0.39, 0.29) is 17.8 Å². The van der Waals surface area contributed by atoms with E-state index in [4.69, 9.17) is 5.73 Å². The van der Waals surface area contributed by atoms with Crippen molar-refractivity contribution in [3.05, 3.63) is 29.8 Å². The maximum atomic E-state index is 12.0. The van der Waals surface area contributed by atoms with E-state index in [1.54, 1.807) is 22.0 Å². The molecule has 0 saturated heterocycles. The van der Waals surface area contributed by atoms with Crippen molar-refractivity contribution in [2.75, 3.05) is 5.32 Å². The third-order valence-electron chi connectivity index (χ3n) is 3.27. The lowest BCUT2D eigenvalue weighted by Gasteiger charge is -2.13. The Kier molecular flexibility index (Phi) is 3.86. The summed E-state index contributed by atoms with van der Waals surface area (Å²) in [6, 6.07) is 5.22. The molecule has 0 aliphatic rings. The number of rotatable bonds is 4. The van der Waals surface area contributed by atoms with Crippen LogP contribution in [-0.4, -0.2) is 31.5 Å². The molecule has 0 radical (unpaired) electrons. The van der Waals surface area contributed by atoms with Crippen LogP contribution in [0.15, 0.2) is 29.8 Å². The molecule has 3 N–H and O–H groups in total. The maximum Gasteiger partial charge on any atom is 0.254 e. The second-order valence-corrected chi connectivity index (χ2v) is 6.16. The third-order valence-corrected chi connectivity index (χ3v) is 4.16. The number of nitrogens with two attached hydrogens (primary N) is 1. The molecule has 7 nitrogen and oxygen atoms in total. The normalized spacial score (nSPS) is 12.7. The van der Waals surface area contributed by atoms with E-state index in [1.807, 2.05) is 37.4 Å². The molecular weight excluding hydrogens is 300 g/mol. The summed E-state index contributed by atoms with van der Waals surface area (Å²) in [4.78, 5) is 21.4. The van der Waals surface area contributed by atoms with Crippen LogP contribution < -0.4 is 11.1 Å². The van der Waals surface area contributed by atoms with Gasteiger partial charge in [0, 0.05) is 6.20 Å². The number of carbonyl (C=O) groups is 1. The lowest BCUT2D eigenvalue weighted by atomic mass is 10.1. The minimum absolute atomic E-state index is 0.0387. The lowest BCUT2D eigenvalue weighted by molar-refractivity contribution is -0.118. The quantitative estimate of drug-likeness (QED) is 0.764. The number of carbonyl (C=O) groups excluding carboxylic acids is 1. The van der Waals surface area contributed by atoms with E-state index in [0.29, 0.717) is 5.78 Å². The Hall–Kier alpha value is -2.32. The van der Waals surface area contributed by atoms with Crippen LogP contribution in [0.4, 0.5) is 5.95 Å². The average Bonchev–Trinajstić information content (AvgIpc) is 3.14. The van der Waals surface area contributed by atoms with Gasteiger partial charge in [0.25, 0.3) is 11.7 Å². The van der Waals surface area contributed by atoms with E-state index in [2.05, 4.69) is 20.4 Å². The highest BCUT2D eigenvalue weighted by molar-refractivity contribution is 7.13. The van der Waals surface area contributed by atoms with Gasteiger partial charge in [0.05, 0.1) is 16.6 Å². The molecular formula is C14H16N6OS. The number of nitrogens with one attached hydrogen (secondary N) is 1. The Morgan fingerprint density at radius 3 is 2.91 bits per heavy atom. The molecule has 1 unspecified atom stereocenters. The van der Waals surface area contributed by atoms with Gasteiger partial charge in [-0.15, -0.1) is 16.4 Å². The van der Waals surface area contributed by atoms with Crippen LogP contribution in [0.5, 0.6) is 0 Å². The Morgan fingerprint density at radius 1 is 1.41 bits per heavy atom. The number of nitrogens with zero attached hydrogens (tertiary/aromatic N) is 4. The molecule has 3 aromatic rings. The fourth-order valence-electron chi connectivity index (χ4n) is 1.95. The van der Waals surface area contributed by atoms with Crippen molar-refractivity contribution in [2.24, 2.45) is 11.7 Å². The predicted octanol–water partition coefficient (Wildman–Crippen LogP) is 1.77. The highest BCUT2D eigenvalue weighted by atomic mass is 32.1. The molecule has 114 valence electrons. The smallest absolute Gasteiger partial charge is 0.254 e. The molecule has 0 aliphatic carbocycles. The van der Waals surface area contributed by atoms with Gasteiger partial charge in [0.1, 0.15) is 0 Å². The molecule has 3 heterocycles. The molecule has 0 fully saturated rings. The molecule has 0 aromatic carbocycles. The van der Waals surface area contributed by atoms with Crippen LogP contribution in [0.1, 0.15) is 13.8 Å². The molecule has 0 spiro atoms. The monoisotopic (exact) mass is 316 g/mol. The number of amides is 1. The van der Waals surface area contributed by atoms with Gasteiger partial charge in [-0.1, -0.05) is 19.9 Å². The van der Waals surface area contributed by atoms with Crippen LogP contribution in [-0.2, 0) is 4.79 Å². The minimum atomic E-state index is -0.601. The zero-order chi connectivity index (χ0) is 15.7. The molecule has 0 bridgehead atoms. The molecule has 3 aromatic heterocycles. The van der Waals surface area contributed by atoms with Crippen LogP contribution in [0, 0.1) is 5.92 Å². The second-order valence-electron chi connectivity index (χ2n) is 5.21. The Balaban J connectivity index is 1.94. The molecule has 0 aliphatic heterocycles. The number of aromatic nitrogens is 4. The van der Waals surface area contributed by atoms with Crippen LogP contribution in [0.2, 0.25) is 0 Å². The number of hydrogen-bond acceptors (Lipinski definition) is 6. The van der Waals surface area contributed by atoms with Crippen LogP contribution in [0.25, 0.3) is 16.3 Å². The summed E-state index contributed by atoms with van der Waals surface area (Å²) in [6.07, 6.45) is 1.67. The first-order valence-corrected chi connectivity index (χ1v) is 7.76. The topological polar surface area (TPSA) is 98.2 Å². The first-order chi connectivity index (χ1) is 10.6. The van der Waals surface area contributed by atoms with Crippen molar-refractivity contribution in [3.63, 3.8) is 0 Å². The van der Waals surface area contributed by atoms with E-state index in [1.165, 1.54) is 0 Å². The van der Waals surface area contributed by atoms with E-state index in [9.17, 15) is 4.79 Å². The predicted molar refractivity (Wildman–Crippen MR) is 85.5 cm³/mol. The van der Waals surface area contributed by atoms with Gasteiger partial charge in [-0.05, 0) is 23.4 Å². The molecule has 1 amide bonds. The average molecular weight is 316 g/mol. The number of anilines is 1. The summed E-state index contributed by atoms with van der Waals surface area (Å²) in [5.74, 6) is 0.373. The Morgan fingerprint density at radius 2 is 2.23 bits per heavy atom. The molecule has 8 heteroatoms. The largest absolute Gasteiger partial charge is 0.320 e. The summed E-state index contributed by atoms with van der Waals surface area (Å²) >= 11 is 1.60. The van der Waals surface area contributed by atoms with Crippen molar-refractivity contribution in [1.29, 1.82) is 0 Å². The number of fused-ring (bicyclic) bond motifs is 1. The van der Waals surface area contributed by atoms with E-state index >= 15 is 0 Å². The van der Waals surface area contributed by atoms with Crippen molar-refractivity contribution < 1.29 is 4.79 Å². The SMILES string of the molecule is CC(C)C(N)C(=O)Nc1nc2nccc(-c3cccs3)n2n1. The molecule has 1 atom stereocenters. The zero-order valence-corrected chi connectivity index (χ0v) is 13.0. The highest BCUT2D eigenvalue weighted by Gasteiger charge is 2.19. The van der Waals surface area contributed by atoms with Crippen molar-refractivity contribution in [3.8, 4) is 10.6 Å². The van der Waals surface area contributed by atoms with Crippen molar-refractivity contribution in [2.45, 2.75) is 19.9 Å². The van der Waals surface area contributed by atoms with Gasteiger partial charge in [0.2, 0.25) is 5.91 Å². The molecule has 22 heavy (non-hydrogen) atoms. The maximum absolute atomic E-state index is 12.0. The van der Waals surface area contributed by atoms with Crippen LogP contribution >= 0.6 is 11.3 Å². The van der Waals surface area contributed by atoms with Crippen LogP contribution in [0.3, 0.4) is 0 Å². The summed E-state index contributed by atoms with van der Waals surface area (Å²) < 4.78 is 1.61. The van der Waals surface area contributed by atoms with Gasteiger partial charge in [-0.3, -0.25) is 10.1 Å². The second kappa shape index (κ2) is 5.82. The lowest BCUT2D eigenvalue weighted by Crippen LogP contribution is -2.40. The van der Waals surface area contributed by atoms with Gasteiger partial charge in [-0.2, -0.15) is 9.50 Å². The summed E-state index contributed by atoms with van der Waals surface area (Å²) in [5, 5.41) is 8.94. The summed E-state index contributed by atoms with van der Waals surface area (Å²) in [5.41, 5.74) is 6.70. The highest BCUT2D eigenvalue weighted by Crippen LogP contribution is 2.24. The standard InChI is InChI=1S/C14H16N6OS/c1-8(2)11(15)12(21)17-13-18-14-16-6-5-9(20(14)19-13)10-4-3-7-22-10/h3-8,11H,15H2,1-2H3,(H,17,19,21). The Labute approximate surface area is 131 Å². The third kappa shape index (κ3) is 2.70. The van der Waals surface area contributed by atoms with Crippen molar-refractivity contribution in [1.82, 2.24) is 19.6 Å². The summed E-state index contributed by atoms with van der Waals surface area (Å²) in [7, 11) is 0. The number of hydrogen-bond donors (Lipinski definition) is 2.